The van der Waals surface area contributed by atoms with Crippen molar-refractivity contribution in [3.05, 3.63) is 77.5 Å². The second kappa shape index (κ2) is 14.4. The molecule has 1 aromatic heterocycles. The number of nitrogens with one attached hydrogen (secondary N) is 3. The Labute approximate surface area is 305 Å². The van der Waals surface area contributed by atoms with Gasteiger partial charge in [0, 0.05) is 24.0 Å². The number of sulfonamides is 1. The fourth-order valence-electron chi connectivity index (χ4n) is 7.09. The second-order valence-electron chi connectivity index (χ2n) is 14.3. The van der Waals surface area contributed by atoms with Gasteiger partial charge in [-0.1, -0.05) is 31.1 Å². The molecule has 3 fully saturated rings. The largest absolute Gasteiger partial charge is 0.471 e. The molecule has 2 aromatic carbocycles. The number of rotatable bonds is 7. The molecule has 2 saturated carbocycles. The van der Waals surface area contributed by atoms with Gasteiger partial charge in [-0.25, -0.2) is 27.2 Å². The molecule has 1 saturated heterocycles. The van der Waals surface area contributed by atoms with E-state index in [0.29, 0.717) is 43.3 Å². The van der Waals surface area contributed by atoms with Crippen molar-refractivity contribution in [1.82, 2.24) is 30.2 Å². The lowest BCUT2D eigenvalue weighted by atomic mass is 10.0. The van der Waals surface area contributed by atoms with Gasteiger partial charge in [0.05, 0.1) is 22.8 Å². The Morgan fingerprint density at radius 1 is 1.00 bits per heavy atom. The molecule has 0 spiro atoms. The van der Waals surface area contributed by atoms with Gasteiger partial charge in [-0.05, 0) is 75.8 Å². The van der Waals surface area contributed by atoms with Crippen LogP contribution >= 0.6 is 0 Å². The number of hydrogen-bond donors (Lipinski definition) is 3. The highest BCUT2D eigenvalue weighted by atomic mass is 32.2. The van der Waals surface area contributed by atoms with Crippen LogP contribution in [0.5, 0.6) is 5.88 Å². The number of hydrogen-bond acceptors (Lipinski definition) is 9. The van der Waals surface area contributed by atoms with Crippen LogP contribution in [0.4, 0.5) is 8.78 Å². The lowest BCUT2D eigenvalue weighted by Crippen LogP contribution is -2.58. The predicted octanol–water partition coefficient (Wildman–Crippen LogP) is 3.37. The van der Waals surface area contributed by atoms with Gasteiger partial charge in [-0.3, -0.25) is 23.9 Å². The van der Waals surface area contributed by atoms with Crippen molar-refractivity contribution in [3.8, 4) is 5.88 Å². The van der Waals surface area contributed by atoms with E-state index in [-0.39, 0.29) is 42.8 Å². The topological polar surface area (TPSA) is 177 Å². The summed E-state index contributed by atoms with van der Waals surface area (Å²) in [5, 5.41) is 4.89. The zero-order chi connectivity index (χ0) is 37.5. The van der Waals surface area contributed by atoms with Crippen molar-refractivity contribution in [2.45, 2.75) is 93.7 Å². The van der Waals surface area contributed by atoms with Crippen molar-refractivity contribution >= 4 is 44.7 Å². The summed E-state index contributed by atoms with van der Waals surface area (Å²) in [5.41, 5.74) is -0.453. The number of aromatic nitrogens is 2. The van der Waals surface area contributed by atoms with Crippen LogP contribution in [0.25, 0.3) is 11.0 Å². The Hall–Kier alpha value is -4.99. The number of halogens is 2. The Morgan fingerprint density at radius 2 is 1.79 bits per heavy atom. The number of carbonyl (C=O) groups is 4. The number of aryl methyl sites for hydroxylation is 1. The zero-order valence-corrected chi connectivity index (χ0v) is 29.8. The van der Waals surface area contributed by atoms with Gasteiger partial charge in [0.25, 0.3) is 11.8 Å². The van der Waals surface area contributed by atoms with Crippen molar-refractivity contribution in [3.63, 3.8) is 0 Å². The van der Waals surface area contributed by atoms with Crippen molar-refractivity contribution in [2.24, 2.45) is 5.92 Å². The molecular formula is C37H40F2N6O7S. The maximum Gasteiger partial charge on any atom is 0.259 e. The quantitative estimate of drug-likeness (QED) is 0.306. The predicted molar refractivity (Wildman–Crippen MR) is 188 cm³/mol. The van der Waals surface area contributed by atoms with E-state index in [9.17, 15) is 36.4 Å². The summed E-state index contributed by atoms with van der Waals surface area (Å²) < 4.78 is 62.0. The average molecular weight is 751 g/mol. The highest BCUT2D eigenvalue weighted by Gasteiger charge is 2.62. The lowest BCUT2D eigenvalue weighted by Gasteiger charge is -2.30. The first-order chi connectivity index (χ1) is 25.3. The number of amides is 4. The lowest BCUT2D eigenvalue weighted by molar-refractivity contribution is -0.141. The van der Waals surface area contributed by atoms with Crippen LogP contribution in [0, 0.1) is 24.5 Å². The van der Waals surface area contributed by atoms with Crippen LogP contribution in [0.2, 0.25) is 0 Å². The van der Waals surface area contributed by atoms with Gasteiger partial charge in [-0.15, -0.1) is 0 Å². The summed E-state index contributed by atoms with van der Waals surface area (Å²) in [7, 11) is -3.93. The maximum absolute atomic E-state index is 14.5. The first-order valence-electron chi connectivity index (χ1n) is 17.9. The molecule has 280 valence electrons. The molecular weight excluding hydrogens is 711 g/mol. The van der Waals surface area contributed by atoms with E-state index in [1.54, 1.807) is 6.92 Å². The standard InChI is InChI=1S/C37H40F2N6O7S/c1-21-34(42-30-17-25(39)12-15-28(30)40-21)52-26-18-31-33(47)43-37(36(49)44-53(50,51)27-13-14-27)19-23(37)9-5-3-2-4-6-11-29(35(48)45(31)20-26)41-32(46)22-8-7-10-24(38)16-22/h5,7-10,12,15-17,23,26-27,29,31H,2-4,6,11,13-14,18-20H2,1H3,(H,41,46)(H,43,47)(H,44,49)/b9-5-/t23?,26-,29+,31+,37-/m1/s1. The molecule has 16 heteroatoms. The summed E-state index contributed by atoms with van der Waals surface area (Å²) >= 11 is 0. The Balaban J connectivity index is 1.20. The molecule has 3 heterocycles. The summed E-state index contributed by atoms with van der Waals surface area (Å²) in [6.45, 7) is 1.54. The van der Waals surface area contributed by atoms with E-state index in [4.69, 9.17) is 4.74 Å². The average Bonchev–Trinajstić information content (AvgIpc) is 4.04. The third kappa shape index (κ3) is 7.87. The Bertz CT molecular complexity index is 2110. The number of benzene rings is 2. The second-order valence-corrected chi connectivity index (χ2v) is 16.2. The molecule has 5 atom stereocenters. The molecule has 2 aliphatic heterocycles. The molecule has 4 amide bonds. The molecule has 0 radical (unpaired) electrons. The molecule has 0 bridgehead atoms. The number of fused-ring (bicyclic) bond motifs is 3. The van der Waals surface area contributed by atoms with Crippen molar-refractivity contribution in [1.29, 1.82) is 0 Å². The molecule has 4 aliphatic rings. The number of carbonyl (C=O) groups excluding carboxylic acids is 4. The van der Waals surface area contributed by atoms with Crippen LogP contribution in [-0.4, -0.2) is 82.4 Å². The molecule has 3 aromatic rings. The van der Waals surface area contributed by atoms with Crippen LogP contribution in [0.15, 0.2) is 54.6 Å². The molecule has 53 heavy (non-hydrogen) atoms. The van der Waals surface area contributed by atoms with Gasteiger partial charge < -0.3 is 20.3 Å². The summed E-state index contributed by atoms with van der Waals surface area (Å²) in [6, 6.07) is 6.75. The van der Waals surface area contributed by atoms with E-state index < -0.39 is 80.2 Å². The van der Waals surface area contributed by atoms with Gasteiger partial charge in [0.2, 0.25) is 27.7 Å². The summed E-state index contributed by atoms with van der Waals surface area (Å²) in [6.07, 6.45) is 6.77. The Kier molecular flexibility index (Phi) is 9.91. The van der Waals surface area contributed by atoms with Gasteiger partial charge in [0.1, 0.15) is 41.1 Å². The zero-order valence-electron chi connectivity index (χ0n) is 29.0. The van der Waals surface area contributed by atoms with E-state index in [1.165, 1.54) is 41.3 Å². The van der Waals surface area contributed by atoms with E-state index >= 15 is 0 Å². The third-order valence-electron chi connectivity index (χ3n) is 10.3. The van der Waals surface area contributed by atoms with Crippen LogP contribution < -0.4 is 20.1 Å². The highest BCUT2D eigenvalue weighted by molar-refractivity contribution is 7.91. The number of nitrogens with zero attached hydrogens (tertiary/aromatic N) is 3. The van der Waals surface area contributed by atoms with Gasteiger partial charge in [-0.2, -0.15) is 0 Å². The van der Waals surface area contributed by atoms with E-state index in [2.05, 4.69) is 25.3 Å². The fourth-order valence-corrected chi connectivity index (χ4v) is 8.45. The fraction of sp³-hybridized carbons (Fsp3) is 0.459. The smallest absolute Gasteiger partial charge is 0.259 e. The van der Waals surface area contributed by atoms with Crippen LogP contribution in [-0.2, 0) is 24.4 Å². The molecule has 7 rings (SSSR count). The summed E-state index contributed by atoms with van der Waals surface area (Å²) in [5.74, 6) is -4.32. The minimum absolute atomic E-state index is 0.0198. The minimum Gasteiger partial charge on any atom is -0.471 e. The molecule has 1 unspecified atom stereocenters. The first-order valence-corrected chi connectivity index (χ1v) is 19.4. The van der Waals surface area contributed by atoms with E-state index in [0.717, 1.165) is 12.5 Å². The normalized spacial score (nSPS) is 27.0. The third-order valence-corrected chi connectivity index (χ3v) is 12.1. The number of ether oxygens (including phenoxy) is 1. The van der Waals surface area contributed by atoms with Crippen LogP contribution in [0.1, 0.15) is 73.8 Å². The monoisotopic (exact) mass is 750 g/mol. The number of allylic oxidation sites excluding steroid dienone is 1. The van der Waals surface area contributed by atoms with Gasteiger partial charge in [0.15, 0.2) is 0 Å². The van der Waals surface area contributed by atoms with Gasteiger partial charge >= 0.3 is 0 Å². The SMILES string of the molecule is Cc1nc2ccc(F)cc2nc1O[C@@H]1C[C@H]2C(=O)N[C@]3(C(=O)NS(=O)(=O)C4CC4)CC3/C=C\CCCCC[C@H](NC(=O)c3cccc(F)c3)C(=O)N2C1. The van der Waals surface area contributed by atoms with Crippen LogP contribution in [0.3, 0.4) is 0 Å². The molecule has 13 nitrogen and oxygen atoms in total. The maximum atomic E-state index is 14.5. The molecule has 3 N–H and O–H groups in total. The van der Waals surface area contributed by atoms with Crippen molar-refractivity contribution in [2.75, 3.05) is 6.54 Å². The minimum atomic E-state index is -3.93. The Morgan fingerprint density at radius 3 is 2.57 bits per heavy atom. The highest BCUT2D eigenvalue weighted by Crippen LogP contribution is 2.46. The first kappa shape index (κ1) is 36.4. The molecule has 2 aliphatic carbocycles. The van der Waals surface area contributed by atoms with Crippen molar-refractivity contribution < 1.29 is 41.1 Å². The van der Waals surface area contributed by atoms with E-state index in [1.807, 2.05) is 12.2 Å². The summed E-state index contributed by atoms with van der Waals surface area (Å²) in [4.78, 5) is 65.9.